The van der Waals surface area contributed by atoms with Crippen molar-refractivity contribution in [3.8, 4) is 0 Å². The van der Waals surface area contributed by atoms with Crippen molar-refractivity contribution in [1.29, 1.82) is 0 Å². The molecule has 1 aliphatic carbocycles. The summed E-state index contributed by atoms with van der Waals surface area (Å²) in [7, 11) is -3.55. The third kappa shape index (κ3) is 11.3. The molecule has 3 rings (SSSR count). The van der Waals surface area contributed by atoms with E-state index in [-0.39, 0.29) is 30.0 Å². The highest BCUT2D eigenvalue weighted by Gasteiger charge is 2.47. The number of hydrogen-bond acceptors (Lipinski definition) is 7. The maximum Gasteiger partial charge on any atom is 0.315 e. The highest BCUT2D eigenvalue weighted by Crippen LogP contribution is 2.34. The lowest BCUT2D eigenvalue weighted by molar-refractivity contribution is -0.143. The van der Waals surface area contributed by atoms with Crippen LogP contribution in [0.1, 0.15) is 131 Å². The number of sulfone groups is 1. The molecule has 3 aliphatic rings. The Labute approximate surface area is 300 Å². The molecular weight excluding hydrogens is 659 g/mol. The molecule has 284 valence electrons. The summed E-state index contributed by atoms with van der Waals surface area (Å²) in [5, 5.41) is 11.3. The van der Waals surface area contributed by atoms with Crippen LogP contribution in [-0.2, 0) is 29.0 Å². The van der Waals surface area contributed by atoms with E-state index in [1.165, 1.54) is 11.0 Å². The first-order valence-electron chi connectivity index (χ1n) is 18.9. The smallest absolute Gasteiger partial charge is 0.315 e. The van der Waals surface area contributed by atoms with Crippen LogP contribution < -0.4 is 21.3 Å². The Kier molecular flexibility index (Phi) is 15.3. The molecule has 0 radical (unpaired) electrons. The van der Waals surface area contributed by atoms with Gasteiger partial charge < -0.3 is 26.2 Å². The van der Waals surface area contributed by atoms with E-state index in [0.29, 0.717) is 51.5 Å². The van der Waals surface area contributed by atoms with Crippen molar-refractivity contribution in [2.45, 2.75) is 159 Å². The monoisotopic (exact) mass is 721 g/mol. The van der Waals surface area contributed by atoms with Gasteiger partial charge in [-0.1, -0.05) is 84.1 Å². The standard InChI is InChI=1S/C37H63N5O7S/c1-7-23-38-33(45)31(43)28-18-14-11-9-8-10-12-15-19-29(34(46)42-24-20-27(26(2)3)30(42)32(44)39-28)40-35(47)41-37(21-16-13-17-22-37)25-50(48,49)36(4,5)6/h7,26-30H,1,8-25H2,2-6H3,(H,38,45)(H,39,44)(H2,40,41,47)/t27-,28+,29+,30+/m1/s1. The lowest BCUT2D eigenvalue weighted by Crippen LogP contribution is -2.62. The van der Waals surface area contributed by atoms with Gasteiger partial charge >= 0.3 is 6.03 Å². The van der Waals surface area contributed by atoms with Gasteiger partial charge in [0.1, 0.15) is 12.1 Å². The van der Waals surface area contributed by atoms with Crippen molar-refractivity contribution in [2.75, 3.05) is 18.8 Å². The van der Waals surface area contributed by atoms with Crippen molar-refractivity contribution in [3.63, 3.8) is 0 Å². The molecule has 13 heteroatoms. The zero-order valence-electron chi connectivity index (χ0n) is 31.1. The first-order valence-corrected chi connectivity index (χ1v) is 20.5. The van der Waals surface area contributed by atoms with Crippen molar-refractivity contribution in [1.82, 2.24) is 26.2 Å². The highest BCUT2D eigenvalue weighted by atomic mass is 32.2. The molecule has 50 heavy (non-hydrogen) atoms. The first-order chi connectivity index (χ1) is 23.5. The average molecular weight is 722 g/mol. The summed E-state index contributed by atoms with van der Waals surface area (Å²) in [6.07, 6.45) is 12.3. The van der Waals surface area contributed by atoms with Crippen LogP contribution >= 0.6 is 0 Å². The fraction of sp³-hybridized carbons (Fsp3) is 0.811. The summed E-state index contributed by atoms with van der Waals surface area (Å²) in [5.74, 6) is -2.68. The van der Waals surface area contributed by atoms with Crippen molar-refractivity contribution < 1.29 is 32.4 Å². The van der Waals surface area contributed by atoms with Crippen molar-refractivity contribution >= 4 is 39.4 Å². The Bertz CT molecular complexity index is 1320. The number of ketones is 1. The number of amides is 5. The molecular formula is C37H63N5O7S. The number of nitrogens with zero attached hydrogens (tertiary/aromatic N) is 1. The minimum Gasteiger partial charge on any atom is -0.346 e. The molecule has 0 aromatic heterocycles. The van der Waals surface area contributed by atoms with Gasteiger partial charge in [0.05, 0.1) is 22.1 Å². The lowest BCUT2D eigenvalue weighted by atomic mass is 9.83. The van der Waals surface area contributed by atoms with Gasteiger partial charge in [-0.25, -0.2) is 13.2 Å². The minimum atomic E-state index is -3.55. The minimum absolute atomic E-state index is 0.0461. The van der Waals surface area contributed by atoms with E-state index < -0.39 is 61.9 Å². The predicted molar refractivity (Wildman–Crippen MR) is 195 cm³/mol. The zero-order chi connectivity index (χ0) is 37.1. The van der Waals surface area contributed by atoms with Gasteiger partial charge in [-0.3, -0.25) is 19.2 Å². The highest BCUT2D eigenvalue weighted by molar-refractivity contribution is 7.92. The van der Waals surface area contributed by atoms with Crippen LogP contribution in [0, 0.1) is 11.8 Å². The lowest BCUT2D eigenvalue weighted by Gasteiger charge is -2.40. The Morgan fingerprint density at radius 3 is 2.10 bits per heavy atom. The molecule has 0 bridgehead atoms. The molecule has 2 saturated heterocycles. The normalized spacial score (nSPS) is 26.0. The van der Waals surface area contributed by atoms with Gasteiger partial charge in [0.25, 0.3) is 5.91 Å². The van der Waals surface area contributed by atoms with Gasteiger partial charge in [-0.05, 0) is 64.7 Å². The molecule has 0 aromatic rings. The molecule has 1 saturated carbocycles. The van der Waals surface area contributed by atoms with E-state index in [1.54, 1.807) is 20.8 Å². The number of nitrogens with one attached hydrogen (secondary N) is 4. The molecule has 2 aliphatic heterocycles. The second kappa shape index (κ2) is 18.5. The van der Waals surface area contributed by atoms with Crippen molar-refractivity contribution in [2.24, 2.45) is 11.8 Å². The Morgan fingerprint density at radius 2 is 1.52 bits per heavy atom. The molecule has 4 N–H and O–H groups in total. The molecule has 0 aromatic carbocycles. The summed E-state index contributed by atoms with van der Waals surface area (Å²) >= 11 is 0. The Balaban J connectivity index is 1.90. The van der Waals surface area contributed by atoms with E-state index in [1.807, 2.05) is 13.8 Å². The zero-order valence-corrected chi connectivity index (χ0v) is 31.9. The van der Waals surface area contributed by atoms with Crippen LogP contribution in [0.25, 0.3) is 0 Å². The molecule has 3 fully saturated rings. The molecule has 5 amide bonds. The van der Waals surface area contributed by atoms with Crippen LogP contribution in [0.4, 0.5) is 4.79 Å². The number of hydrogen-bond donors (Lipinski definition) is 4. The Morgan fingerprint density at radius 1 is 0.940 bits per heavy atom. The number of fused-ring (bicyclic) bond motifs is 1. The van der Waals surface area contributed by atoms with Gasteiger partial charge in [0.2, 0.25) is 17.6 Å². The molecule has 4 atom stereocenters. The fourth-order valence-electron chi connectivity index (χ4n) is 7.62. The van der Waals surface area contributed by atoms with Crippen LogP contribution in [0.2, 0.25) is 0 Å². The summed E-state index contributed by atoms with van der Waals surface area (Å²) in [6, 6.07) is -3.41. The second-order valence-electron chi connectivity index (χ2n) is 16.0. The SMILES string of the molecule is C=CCNC(=O)C(=O)[C@@H]1CCCCCCCCC[C@H](NC(=O)NC2(CS(=O)(=O)C(C)(C)C)CCCCC2)C(=O)N2CC[C@H](C(C)C)[C@H]2C(=O)N1. The van der Waals surface area contributed by atoms with E-state index in [2.05, 4.69) is 27.8 Å². The number of carbonyl (C=O) groups excluding carboxylic acids is 5. The van der Waals surface area contributed by atoms with E-state index in [9.17, 15) is 32.4 Å². The van der Waals surface area contributed by atoms with Gasteiger partial charge in [-0.2, -0.15) is 0 Å². The van der Waals surface area contributed by atoms with E-state index in [4.69, 9.17) is 0 Å². The van der Waals surface area contributed by atoms with Crippen molar-refractivity contribution in [3.05, 3.63) is 12.7 Å². The quantitative estimate of drug-likeness (QED) is 0.203. The molecule has 2 heterocycles. The first kappa shape index (κ1) is 41.5. The van der Waals surface area contributed by atoms with E-state index >= 15 is 0 Å². The van der Waals surface area contributed by atoms with Crippen LogP contribution in [0.5, 0.6) is 0 Å². The van der Waals surface area contributed by atoms with E-state index in [0.717, 1.165) is 51.4 Å². The second-order valence-corrected chi connectivity index (χ2v) is 18.8. The third-order valence-corrected chi connectivity index (χ3v) is 13.6. The number of carbonyl (C=O) groups is 5. The molecule has 12 nitrogen and oxygen atoms in total. The summed E-state index contributed by atoms with van der Waals surface area (Å²) in [4.78, 5) is 69.7. The summed E-state index contributed by atoms with van der Waals surface area (Å²) in [5.41, 5.74) is -0.936. The largest absolute Gasteiger partial charge is 0.346 e. The predicted octanol–water partition coefficient (Wildman–Crippen LogP) is 4.32. The van der Waals surface area contributed by atoms with Crippen LogP contribution in [0.3, 0.4) is 0 Å². The number of rotatable bonds is 9. The van der Waals surface area contributed by atoms with Crippen LogP contribution in [0.15, 0.2) is 12.7 Å². The third-order valence-electron chi connectivity index (χ3n) is 10.8. The Hall–Kier alpha value is -2.96. The maximum atomic E-state index is 14.4. The summed E-state index contributed by atoms with van der Waals surface area (Å²) in [6.45, 7) is 13.0. The molecule has 0 spiro atoms. The number of Topliss-reactive ketones (excluding diaryl/α,β-unsaturated/α-hetero) is 1. The maximum absolute atomic E-state index is 14.4. The summed E-state index contributed by atoms with van der Waals surface area (Å²) < 4.78 is 25.7. The van der Waals surface area contributed by atoms with Gasteiger partial charge in [0.15, 0.2) is 9.84 Å². The van der Waals surface area contributed by atoms with Crippen LogP contribution in [-0.4, -0.2) is 90.1 Å². The average Bonchev–Trinajstić information content (AvgIpc) is 3.49. The van der Waals surface area contributed by atoms with Gasteiger partial charge in [-0.15, -0.1) is 6.58 Å². The topological polar surface area (TPSA) is 171 Å². The van der Waals surface area contributed by atoms with Gasteiger partial charge in [0, 0.05) is 13.1 Å². The number of urea groups is 1. The molecule has 0 unspecified atom stereocenters. The fourth-order valence-corrected chi connectivity index (χ4v) is 9.14.